The molecule has 1 aromatic heterocycles. The number of hydrogen-bond donors (Lipinski definition) is 1. The van der Waals surface area contributed by atoms with Crippen molar-refractivity contribution in [1.29, 1.82) is 0 Å². The quantitative estimate of drug-likeness (QED) is 0.664. The summed E-state index contributed by atoms with van der Waals surface area (Å²) in [6, 6.07) is 2.28. The summed E-state index contributed by atoms with van der Waals surface area (Å²) in [5.41, 5.74) is 1.44. The lowest BCUT2D eigenvalue weighted by Gasteiger charge is -2.05. The zero-order chi connectivity index (χ0) is 13.2. The Morgan fingerprint density at radius 2 is 2.00 bits per heavy atom. The molecule has 1 rings (SSSR count). The molecular weight excluding hydrogens is 246 g/mol. The molecule has 4 heteroatoms. The van der Waals surface area contributed by atoms with Gasteiger partial charge in [-0.15, -0.1) is 11.3 Å². The lowest BCUT2D eigenvalue weighted by Crippen LogP contribution is -2.15. The first kappa shape index (κ1) is 15.6. The summed E-state index contributed by atoms with van der Waals surface area (Å²) in [7, 11) is 1.70. The van der Waals surface area contributed by atoms with E-state index in [0.717, 1.165) is 32.5 Å². The highest BCUT2D eigenvalue weighted by atomic mass is 32.1. The molecule has 0 spiro atoms. The predicted molar refractivity (Wildman–Crippen MR) is 77.4 cm³/mol. The number of unbranched alkanes of at least 4 members (excludes halogenated alkanes) is 1. The van der Waals surface area contributed by atoms with Gasteiger partial charge in [-0.25, -0.2) is 0 Å². The molecule has 18 heavy (non-hydrogen) atoms. The van der Waals surface area contributed by atoms with Gasteiger partial charge in [-0.1, -0.05) is 0 Å². The van der Waals surface area contributed by atoms with Crippen molar-refractivity contribution in [3.63, 3.8) is 0 Å². The van der Waals surface area contributed by atoms with Crippen LogP contribution in [0.15, 0.2) is 6.07 Å². The smallest absolute Gasteiger partial charge is 0.0700 e. The van der Waals surface area contributed by atoms with Crippen LogP contribution in [0.3, 0.4) is 0 Å². The van der Waals surface area contributed by atoms with Crippen molar-refractivity contribution in [2.45, 2.75) is 33.2 Å². The minimum atomic E-state index is 0.690. The van der Waals surface area contributed by atoms with Gasteiger partial charge in [0.15, 0.2) is 0 Å². The second kappa shape index (κ2) is 9.50. The molecule has 0 bridgehead atoms. The Balaban J connectivity index is 1.94. The highest BCUT2D eigenvalue weighted by molar-refractivity contribution is 7.12. The first-order chi connectivity index (χ1) is 8.74. The maximum Gasteiger partial charge on any atom is 0.0700 e. The average molecular weight is 271 g/mol. The molecule has 0 atom stereocenters. The van der Waals surface area contributed by atoms with E-state index in [9.17, 15) is 0 Å². The summed E-state index contributed by atoms with van der Waals surface area (Å²) in [5.74, 6) is 0. The van der Waals surface area contributed by atoms with Crippen molar-refractivity contribution >= 4 is 11.3 Å². The van der Waals surface area contributed by atoms with Crippen LogP contribution in [0.1, 0.15) is 28.2 Å². The number of aryl methyl sites for hydroxylation is 2. The Hall–Kier alpha value is -0.420. The fourth-order valence-corrected chi connectivity index (χ4v) is 2.73. The molecule has 0 radical (unpaired) electrons. The van der Waals surface area contributed by atoms with Crippen molar-refractivity contribution in [3.05, 3.63) is 21.4 Å². The highest BCUT2D eigenvalue weighted by Gasteiger charge is 2.01. The maximum absolute atomic E-state index is 5.41. The number of ether oxygens (including phenoxy) is 2. The predicted octanol–water partition coefficient (Wildman–Crippen LogP) is 2.90. The number of thiophene rings is 1. The average Bonchev–Trinajstić information content (AvgIpc) is 2.66. The van der Waals surface area contributed by atoms with E-state index in [2.05, 4.69) is 25.2 Å². The molecule has 1 aromatic rings. The summed E-state index contributed by atoms with van der Waals surface area (Å²) in [5, 5.41) is 3.48. The largest absolute Gasteiger partial charge is 0.382 e. The van der Waals surface area contributed by atoms with Crippen LogP contribution in [0.2, 0.25) is 0 Å². The molecule has 0 aliphatic carbocycles. The van der Waals surface area contributed by atoms with Crippen LogP contribution < -0.4 is 5.32 Å². The van der Waals surface area contributed by atoms with Crippen molar-refractivity contribution in [2.75, 3.05) is 33.5 Å². The second-order valence-electron chi connectivity index (χ2n) is 4.43. The van der Waals surface area contributed by atoms with E-state index < -0.39 is 0 Å². The molecular formula is C14H25NO2S. The maximum atomic E-state index is 5.41. The fraction of sp³-hybridized carbons (Fsp3) is 0.714. The van der Waals surface area contributed by atoms with Crippen molar-refractivity contribution in [1.82, 2.24) is 5.32 Å². The monoisotopic (exact) mass is 271 g/mol. The van der Waals surface area contributed by atoms with Gasteiger partial charge in [-0.05, 0) is 44.9 Å². The van der Waals surface area contributed by atoms with Crippen LogP contribution in [0.4, 0.5) is 0 Å². The normalized spacial score (nSPS) is 11.1. The van der Waals surface area contributed by atoms with Gasteiger partial charge in [0.25, 0.3) is 0 Å². The molecule has 3 nitrogen and oxygen atoms in total. The van der Waals surface area contributed by atoms with Gasteiger partial charge < -0.3 is 14.8 Å². The Bertz CT molecular complexity index is 326. The molecule has 104 valence electrons. The molecule has 0 unspecified atom stereocenters. The van der Waals surface area contributed by atoms with E-state index in [1.807, 2.05) is 11.3 Å². The van der Waals surface area contributed by atoms with Gasteiger partial charge in [-0.2, -0.15) is 0 Å². The molecule has 0 aliphatic heterocycles. The molecule has 0 fully saturated rings. The van der Waals surface area contributed by atoms with Crippen molar-refractivity contribution in [3.8, 4) is 0 Å². The number of nitrogens with one attached hydrogen (secondary N) is 1. The molecule has 0 aliphatic rings. The fourth-order valence-electron chi connectivity index (χ4n) is 1.78. The van der Waals surface area contributed by atoms with Crippen LogP contribution >= 0.6 is 11.3 Å². The third-order valence-corrected chi connectivity index (χ3v) is 3.79. The van der Waals surface area contributed by atoms with Crippen LogP contribution in [0, 0.1) is 13.8 Å². The van der Waals surface area contributed by atoms with Crippen LogP contribution in [-0.2, 0) is 16.0 Å². The summed E-state index contributed by atoms with van der Waals surface area (Å²) in [4.78, 5) is 2.83. The Labute approximate surface area is 114 Å². The first-order valence-electron chi connectivity index (χ1n) is 6.57. The zero-order valence-corrected chi connectivity index (χ0v) is 12.6. The number of hydrogen-bond acceptors (Lipinski definition) is 4. The lowest BCUT2D eigenvalue weighted by molar-refractivity contribution is 0.0688. The van der Waals surface area contributed by atoms with E-state index in [4.69, 9.17) is 9.47 Å². The first-order valence-corrected chi connectivity index (χ1v) is 7.39. The van der Waals surface area contributed by atoms with Crippen molar-refractivity contribution < 1.29 is 9.47 Å². The van der Waals surface area contributed by atoms with Gasteiger partial charge in [0.05, 0.1) is 13.2 Å². The van der Waals surface area contributed by atoms with Gasteiger partial charge in [0.2, 0.25) is 0 Å². The summed E-state index contributed by atoms with van der Waals surface area (Å²) < 4.78 is 10.3. The van der Waals surface area contributed by atoms with Gasteiger partial charge in [-0.3, -0.25) is 0 Å². The molecule has 1 N–H and O–H groups in total. The van der Waals surface area contributed by atoms with E-state index in [-0.39, 0.29) is 0 Å². The minimum Gasteiger partial charge on any atom is -0.382 e. The van der Waals surface area contributed by atoms with Gasteiger partial charge >= 0.3 is 0 Å². The van der Waals surface area contributed by atoms with Gasteiger partial charge in [0, 0.05) is 30.0 Å². The molecule has 0 amide bonds. The van der Waals surface area contributed by atoms with E-state index in [0.29, 0.717) is 13.2 Å². The highest BCUT2D eigenvalue weighted by Crippen LogP contribution is 2.20. The van der Waals surface area contributed by atoms with E-state index in [1.165, 1.54) is 15.3 Å². The van der Waals surface area contributed by atoms with E-state index in [1.54, 1.807) is 7.11 Å². The van der Waals surface area contributed by atoms with Gasteiger partial charge in [0.1, 0.15) is 0 Å². The van der Waals surface area contributed by atoms with Crippen LogP contribution in [0.25, 0.3) is 0 Å². The summed E-state index contributed by atoms with van der Waals surface area (Å²) in [6.07, 6.45) is 2.27. The summed E-state index contributed by atoms with van der Waals surface area (Å²) >= 11 is 1.88. The molecule has 0 saturated carbocycles. The zero-order valence-electron chi connectivity index (χ0n) is 11.8. The third-order valence-electron chi connectivity index (χ3n) is 2.78. The molecule has 0 saturated heterocycles. The van der Waals surface area contributed by atoms with Crippen molar-refractivity contribution in [2.24, 2.45) is 0 Å². The SMILES string of the molecule is COCCOCCCCNCc1cc(C)sc1C. The number of methoxy groups -OCH3 is 1. The number of rotatable bonds is 10. The second-order valence-corrected chi connectivity index (χ2v) is 5.89. The Morgan fingerprint density at radius 1 is 1.17 bits per heavy atom. The van der Waals surface area contributed by atoms with Crippen LogP contribution in [-0.4, -0.2) is 33.5 Å². The Morgan fingerprint density at radius 3 is 2.67 bits per heavy atom. The third kappa shape index (κ3) is 6.50. The van der Waals surface area contributed by atoms with Crippen LogP contribution in [0.5, 0.6) is 0 Å². The van der Waals surface area contributed by atoms with E-state index >= 15 is 0 Å². The Kier molecular flexibility index (Phi) is 8.25. The molecule has 1 heterocycles. The minimum absolute atomic E-state index is 0.690. The standard InChI is InChI=1S/C14H25NO2S/c1-12-10-14(13(2)18-12)11-15-6-4-5-7-17-9-8-16-3/h10,15H,4-9,11H2,1-3H3. The topological polar surface area (TPSA) is 30.5 Å². The molecule has 0 aromatic carbocycles. The summed E-state index contributed by atoms with van der Waals surface area (Å²) in [6.45, 7) is 8.63. The lowest BCUT2D eigenvalue weighted by atomic mass is 10.2.